The predicted octanol–water partition coefficient (Wildman–Crippen LogP) is 2.30. The maximum absolute atomic E-state index is 4.55. The number of hydrogen-bond donors (Lipinski definition) is 1. The largest absolute Gasteiger partial charge is 0.363 e. The van der Waals surface area contributed by atoms with Crippen LogP contribution in [0.4, 0.5) is 0 Å². The molecule has 1 unspecified atom stereocenters. The molecular formula is C13H22N4S. The van der Waals surface area contributed by atoms with Crippen molar-refractivity contribution in [1.82, 2.24) is 15.1 Å². The van der Waals surface area contributed by atoms with E-state index in [-0.39, 0.29) is 0 Å². The van der Waals surface area contributed by atoms with E-state index in [1.807, 2.05) is 22.6 Å². The summed E-state index contributed by atoms with van der Waals surface area (Å²) in [5.74, 6) is 0.754. The number of hydrogen-bond acceptors (Lipinski definition) is 4. The lowest BCUT2D eigenvalue weighted by molar-refractivity contribution is 0.575. The van der Waals surface area contributed by atoms with Crippen LogP contribution in [-0.2, 0) is 6.54 Å². The van der Waals surface area contributed by atoms with Crippen molar-refractivity contribution in [1.29, 1.82) is 0 Å². The van der Waals surface area contributed by atoms with Gasteiger partial charge in [-0.3, -0.25) is 9.67 Å². The van der Waals surface area contributed by atoms with E-state index in [2.05, 4.69) is 42.4 Å². The molecule has 0 fully saturated rings. The Labute approximate surface area is 113 Å². The van der Waals surface area contributed by atoms with E-state index in [4.69, 9.17) is 0 Å². The van der Waals surface area contributed by atoms with Crippen molar-refractivity contribution >= 4 is 16.9 Å². The second kappa shape index (κ2) is 6.27. The summed E-state index contributed by atoms with van der Waals surface area (Å²) in [6.45, 7) is 9.35. The van der Waals surface area contributed by atoms with Gasteiger partial charge < -0.3 is 5.32 Å². The molecule has 0 saturated heterocycles. The minimum atomic E-state index is 0.666. The second-order valence-corrected chi connectivity index (χ2v) is 6.51. The zero-order chi connectivity index (χ0) is 13.0. The quantitative estimate of drug-likeness (QED) is 0.889. The highest BCUT2D eigenvalue weighted by molar-refractivity contribution is 8.14. The summed E-state index contributed by atoms with van der Waals surface area (Å²) < 4.78 is 1.97. The molecule has 1 aromatic heterocycles. The van der Waals surface area contributed by atoms with E-state index in [1.54, 1.807) is 0 Å². The number of aromatic nitrogens is 2. The lowest BCUT2D eigenvalue weighted by Crippen LogP contribution is -2.24. The highest BCUT2D eigenvalue weighted by Crippen LogP contribution is 2.25. The maximum Gasteiger partial charge on any atom is 0.156 e. The van der Waals surface area contributed by atoms with E-state index in [9.17, 15) is 0 Å². The van der Waals surface area contributed by atoms with Crippen molar-refractivity contribution in [2.24, 2.45) is 10.9 Å². The maximum atomic E-state index is 4.55. The molecule has 2 rings (SSSR count). The Morgan fingerprint density at radius 2 is 2.39 bits per heavy atom. The molecule has 1 aliphatic rings. The summed E-state index contributed by atoms with van der Waals surface area (Å²) >= 11 is 1.89. The van der Waals surface area contributed by atoms with E-state index < -0.39 is 0 Å². The van der Waals surface area contributed by atoms with Gasteiger partial charge in [-0.1, -0.05) is 25.6 Å². The van der Waals surface area contributed by atoms with Crippen LogP contribution >= 0.6 is 11.8 Å². The molecule has 0 aromatic carbocycles. The van der Waals surface area contributed by atoms with Gasteiger partial charge >= 0.3 is 0 Å². The SMILES string of the molecule is Cc1cnn(CCNC2=NCC(CC(C)C)S2)c1. The smallest absolute Gasteiger partial charge is 0.156 e. The molecule has 0 bridgehead atoms. The fourth-order valence-corrected chi connectivity index (χ4v) is 3.31. The first-order valence-electron chi connectivity index (χ1n) is 6.57. The van der Waals surface area contributed by atoms with Crippen molar-refractivity contribution in [3.8, 4) is 0 Å². The van der Waals surface area contributed by atoms with Crippen LogP contribution in [0.3, 0.4) is 0 Å². The third-order valence-corrected chi connectivity index (χ3v) is 4.00. The summed E-state index contributed by atoms with van der Waals surface area (Å²) in [5.41, 5.74) is 1.21. The molecule has 0 saturated carbocycles. The Bertz CT molecular complexity index is 411. The molecule has 0 aliphatic carbocycles. The van der Waals surface area contributed by atoms with Crippen LogP contribution < -0.4 is 5.32 Å². The molecule has 1 aromatic rings. The molecule has 100 valence electrons. The fraction of sp³-hybridized carbons (Fsp3) is 0.692. The van der Waals surface area contributed by atoms with Crippen LogP contribution in [-0.4, -0.2) is 33.3 Å². The molecule has 1 N–H and O–H groups in total. The third-order valence-electron chi connectivity index (χ3n) is 2.83. The van der Waals surface area contributed by atoms with Gasteiger partial charge in [0, 0.05) is 18.0 Å². The van der Waals surface area contributed by atoms with Crippen molar-refractivity contribution in [3.63, 3.8) is 0 Å². The summed E-state index contributed by atoms with van der Waals surface area (Å²) in [6, 6.07) is 0. The van der Waals surface area contributed by atoms with Gasteiger partial charge in [-0.15, -0.1) is 0 Å². The lowest BCUT2D eigenvalue weighted by Gasteiger charge is -2.11. The van der Waals surface area contributed by atoms with E-state index in [1.165, 1.54) is 12.0 Å². The molecule has 0 radical (unpaired) electrons. The van der Waals surface area contributed by atoms with E-state index >= 15 is 0 Å². The monoisotopic (exact) mass is 266 g/mol. The van der Waals surface area contributed by atoms with Gasteiger partial charge in [0.1, 0.15) is 0 Å². The first-order chi connectivity index (χ1) is 8.63. The Kier molecular flexibility index (Phi) is 4.69. The van der Waals surface area contributed by atoms with Crippen molar-refractivity contribution in [2.75, 3.05) is 13.1 Å². The minimum Gasteiger partial charge on any atom is -0.363 e. The van der Waals surface area contributed by atoms with Crippen molar-refractivity contribution in [3.05, 3.63) is 18.0 Å². The second-order valence-electron chi connectivity index (χ2n) is 5.22. The number of thioether (sulfide) groups is 1. The topological polar surface area (TPSA) is 42.2 Å². The average Bonchev–Trinajstić information content (AvgIpc) is 2.88. The zero-order valence-corrected chi connectivity index (χ0v) is 12.2. The molecule has 2 heterocycles. The Balaban J connectivity index is 1.66. The standard InChI is InChI=1S/C13H22N4S/c1-10(2)6-12-8-15-13(18-12)14-4-5-17-9-11(3)7-16-17/h7,9-10,12H,4-6,8H2,1-3H3,(H,14,15). The molecule has 1 atom stereocenters. The summed E-state index contributed by atoms with van der Waals surface area (Å²) in [5, 5.41) is 9.43. The van der Waals surface area contributed by atoms with E-state index in [0.717, 1.165) is 30.7 Å². The van der Waals surface area contributed by atoms with Crippen LogP contribution in [0, 0.1) is 12.8 Å². The highest BCUT2D eigenvalue weighted by Gasteiger charge is 2.19. The van der Waals surface area contributed by atoms with Crippen molar-refractivity contribution < 1.29 is 0 Å². The lowest BCUT2D eigenvalue weighted by atomic mass is 10.1. The number of aryl methyl sites for hydroxylation is 1. The van der Waals surface area contributed by atoms with Gasteiger partial charge in [-0.05, 0) is 24.8 Å². The molecular weight excluding hydrogens is 244 g/mol. The van der Waals surface area contributed by atoms with Gasteiger partial charge in [0.25, 0.3) is 0 Å². The highest BCUT2D eigenvalue weighted by atomic mass is 32.2. The molecule has 5 heteroatoms. The molecule has 18 heavy (non-hydrogen) atoms. The molecule has 4 nitrogen and oxygen atoms in total. The summed E-state index contributed by atoms with van der Waals surface area (Å²) in [7, 11) is 0. The number of nitrogens with zero attached hydrogens (tertiary/aromatic N) is 3. The van der Waals surface area contributed by atoms with Crippen LogP contribution in [0.5, 0.6) is 0 Å². The molecule has 0 amide bonds. The Morgan fingerprint density at radius 1 is 1.56 bits per heavy atom. The Morgan fingerprint density at radius 3 is 3.06 bits per heavy atom. The minimum absolute atomic E-state index is 0.666. The average molecular weight is 266 g/mol. The van der Waals surface area contributed by atoms with Crippen LogP contribution in [0.2, 0.25) is 0 Å². The normalized spacial score (nSPS) is 19.3. The number of aliphatic imine (C=N–C) groups is 1. The van der Waals surface area contributed by atoms with Gasteiger partial charge in [-0.25, -0.2) is 0 Å². The zero-order valence-electron chi connectivity index (χ0n) is 11.4. The van der Waals surface area contributed by atoms with Crippen molar-refractivity contribution in [2.45, 2.75) is 39.0 Å². The van der Waals surface area contributed by atoms with Gasteiger partial charge in [0.15, 0.2) is 5.17 Å². The predicted molar refractivity (Wildman–Crippen MR) is 78.1 cm³/mol. The van der Waals surface area contributed by atoms with Gasteiger partial charge in [0.2, 0.25) is 0 Å². The first kappa shape index (κ1) is 13.5. The van der Waals surface area contributed by atoms with E-state index in [0.29, 0.717) is 5.25 Å². The number of amidine groups is 1. The Hall–Kier alpha value is -0.970. The van der Waals surface area contributed by atoms with Gasteiger partial charge in [0.05, 0.1) is 19.3 Å². The molecule has 0 spiro atoms. The van der Waals surface area contributed by atoms with Crippen LogP contribution in [0.1, 0.15) is 25.8 Å². The third kappa shape index (κ3) is 4.05. The fourth-order valence-electron chi connectivity index (χ4n) is 2.03. The van der Waals surface area contributed by atoms with Crippen LogP contribution in [0.25, 0.3) is 0 Å². The molecule has 1 aliphatic heterocycles. The summed E-state index contributed by atoms with van der Waals surface area (Å²) in [4.78, 5) is 4.55. The summed E-state index contributed by atoms with van der Waals surface area (Å²) in [6.07, 6.45) is 5.20. The first-order valence-corrected chi connectivity index (χ1v) is 7.45. The number of rotatable bonds is 5. The van der Waals surface area contributed by atoms with Crippen LogP contribution in [0.15, 0.2) is 17.4 Å². The number of nitrogens with one attached hydrogen (secondary N) is 1. The van der Waals surface area contributed by atoms with Gasteiger partial charge in [-0.2, -0.15) is 5.10 Å².